The summed E-state index contributed by atoms with van der Waals surface area (Å²) in [4.78, 5) is 15.6. The van der Waals surface area contributed by atoms with Crippen molar-refractivity contribution >= 4 is 46.3 Å². The van der Waals surface area contributed by atoms with E-state index in [1.54, 1.807) is 23.1 Å². The number of thiophene rings is 1. The molecule has 4 nitrogen and oxygen atoms in total. The first-order valence-corrected chi connectivity index (χ1v) is 11.0. The number of rotatable bonds is 5. The Hall–Kier alpha value is -1.57. The number of amides is 1. The predicted octanol–water partition coefficient (Wildman–Crippen LogP) is 3.77. The summed E-state index contributed by atoms with van der Waals surface area (Å²) in [5, 5.41) is 3.54. The summed E-state index contributed by atoms with van der Waals surface area (Å²) in [5.41, 5.74) is 6.81. The molecule has 7 heteroatoms. The average molecular weight is 406 g/mol. The zero-order valence-corrected chi connectivity index (χ0v) is 17.2. The van der Waals surface area contributed by atoms with Crippen LogP contribution in [0.25, 0.3) is 0 Å². The van der Waals surface area contributed by atoms with Gasteiger partial charge in [-0.2, -0.15) is 0 Å². The van der Waals surface area contributed by atoms with Crippen molar-refractivity contribution in [3.05, 3.63) is 51.7 Å². The van der Waals surface area contributed by atoms with Crippen LogP contribution in [0.5, 0.6) is 0 Å². The number of carbonyl (C=O) groups excluding carboxylic acids is 1. The molecule has 1 aromatic heterocycles. The van der Waals surface area contributed by atoms with Crippen molar-refractivity contribution in [2.24, 2.45) is 5.92 Å². The molecule has 1 aliphatic rings. The molecule has 1 atom stereocenters. The van der Waals surface area contributed by atoms with E-state index < -0.39 is 0 Å². The van der Waals surface area contributed by atoms with Crippen LogP contribution in [0.3, 0.4) is 0 Å². The standard InChI is InChI=1S/C19H23N3OS3/c1-13-7-8-16-14(11-13)12-17(26-16)18(23)21-22-19(24)20-9-10-25-15-5-3-2-4-6-15/h2-6,12-13H,7-11H2,1H3,(H,21,23)(H2,20,22,24)/t13-/m0/s1. The fraction of sp³-hybridized carbons (Fsp3) is 0.368. The SMILES string of the molecule is C[C@H]1CCc2sc(C(=O)NNC(=S)NCCSc3ccccc3)cc2C1. The Morgan fingerprint density at radius 1 is 1.31 bits per heavy atom. The molecule has 0 radical (unpaired) electrons. The number of thioether (sulfide) groups is 1. The topological polar surface area (TPSA) is 53.2 Å². The van der Waals surface area contributed by atoms with E-state index in [0.717, 1.165) is 30.0 Å². The van der Waals surface area contributed by atoms with E-state index in [-0.39, 0.29) is 5.91 Å². The van der Waals surface area contributed by atoms with Crippen LogP contribution in [0.1, 0.15) is 33.5 Å². The van der Waals surface area contributed by atoms with Gasteiger partial charge in [0.15, 0.2) is 5.11 Å². The highest BCUT2D eigenvalue weighted by atomic mass is 32.2. The Morgan fingerprint density at radius 2 is 2.12 bits per heavy atom. The van der Waals surface area contributed by atoms with Gasteiger partial charge in [-0.15, -0.1) is 23.1 Å². The van der Waals surface area contributed by atoms with E-state index in [0.29, 0.717) is 11.0 Å². The molecular formula is C19H23N3OS3. The highest BCUT2D eigenvalue weighted by molar-refractivity contribution is 7.99. The van der Waals surface area contributed by atoms with Crippen molar-refractivity contribution in [1.29, 1.82) is 0 Å². The molecule has 0 saturated heterocycles. The van der Waals surface area contributed by atoms with E-state index in [2.05, 4.69) is 35.2 Å². The molecular weight excluding hydrogens is 382 g/mol. The monoisotopic (exact) mass is 405 g/mol. The van der Waals surface area contributed by atoms with Gasteiger partial charge in [0.1, 0.15) is 0 Å². The van der Waals surface area contributed by atoms with Crippen LogP contribution in [0, 0.1) is 5.92 Å². The summed E-state index contributed by atoms with van der Waals surface area (Å²) in [7, 11) is 0. The van der Waals surface area contributed by atoms with Crippen molar-refractivity contribution in [2.75, 3.05) is 12.3 Å². The largest absolute Gasteiger partial charge is 0.361 e. The van der Waals surface area contributed by atoms with E-state index in [9.17, 15) is 4.79 Å². The molecule has 1 amide bonds. The number of thiocarbonyl (C=S) groups is 1. The van der Waals surface area contributed by atoms with Gasteiger partial charge in [0.25, 0.3) is 5.91 Å². The minimum Gasteiger partial charge on any atom is -0.361 e. The summed E-state index contributed by atoms with van der Waals surface area (Å²) >= 11 is 8.57. The number of hydrazine groups is 1. The molecule has 3 rings (SSSR count). The van der Waals surface area contributed by atoms with Crippen LogP contribution in [0.4, 0.5) is 0 Å². The van der Waals surface area contributed by atoms with Crippen molar-refractivity contribution in [3.8, 4) is 0 Å². The summed E-state index contributed by atoms with van der Waals surface area (Å²) in [6.45, 7) is 2.99. The molecule has 0 fully saturated rings. The first-order chi connectivity index (χ1) is 12.6. The predicted molar refractivity (Wildman–Crippen MR) is 114 cm³/mol. The third-order valence-corrected chi connectivity index (χ3v) is 6.74. The van der Waals surface area contributed by atoms with Crippen LogP contribution in [0.15, 0.2) is 41.3 Å². The Morgan fingerprint density at radius 3 is 2.92 bits per heavy atom. The second kappa shape index (κ2) is 9.39. The Bertz CT molecular complexity index is 761. The van der Waals surface area contributed by atoms with Gasteiger partial charge in [-0.25, -0.2) is 0 Å². The van der Waals surface area contributed by atoms with Gasteiger partial charge in [0, 0.05) is 22.1 Å². The highest BCUT2D eigenvalue weighted by Gasteiger charge is 2.20. The number of carbonyl (C=O) groups is 1. The van der Waals surface area contributed by atoms with Crippen LogP contribution < -0.4 is 16.2 Å². The first kappa shape index (κ1) is 19.2. The number of aryl methyl sites for hydroxylation is 1. The van der Waals surface area contributed by atoms with Gasteiger partial charge >= 0.3 is 0 Å². The van der Waals surface area contributed by atoms with E-state index >= 15 is 0 Å². The van der Waals surface area contributed by atoms with Gasteiger partial charge in [-0.1, -0.05) is 25.1 Å². The summed E-state index contributed by atoms with van der Waals surface area (Å²) in [5.74, 6) is 1.48. The first-order valence-electron chi connectivity index (χ1n) is 8.75. The van der Waals surface area contributed by atoms with Crippen LogP contribution >= 0.6 is 35.3 Å². The fourth-order valence-corrected chi connectivity index (χ4v) is 4.93. The van der Waals surface area contributed by atoms with E-state index in [4.69, 9.17) is 12.2 Å². The van der Waals surface area contributed by atoms with E-state index in [1.165, 1.54) is 21.8 Å². The molecule has 2 aromatic rings. The lowest BCUT2D eigenvalue weighted by atomic mass is 9.90. The zero-order valence-electron chi connectivity index (χ0n) is 14.7. The summed E-state index contributed by atoms with van der Waals surface area (Å²) < 4.78 is 0. The normalized spacial score (nSPS) is 15.8. The van der Waals surface area contributed by atoms with Crippen molar-refractivity contribution in [3.63, 3.8) is 0 Å². The molecule has 138 valence electrons. The second-order valence-electron chi connectivity index (χ2n) is 6.40. The smallest absolute Gasteiger partial charge is 0.279 e. The molecule has 0 saturated carbocycles. The van der Waals surface area contributed by atoms with Gasteiger partial charge in [0.2, 0.25) is 0 Å². The zero-order chi connectivity index (χ0) is 18.4. The molecule has 26 heavy (non-hydrogen) atoms. The molecule has 3 N–H and O–H groups in total. The molecule has 1 heterocycles. The molecule has 1 aromatic carbocycles. The maximum Gasteiger partial charge on any atom is 0.279 e. The summed E-state index contributed by atoms with van der Waals surface area (Å²) in [6.07, 6.45) is 3.37. The molecule has 0 aliphatic heterocycles. The summed E-state index contributed by atoms with van der Waals surface area (Å²) in [6, 6.07) is 12.3. The molecule has 1 aliphatic carbocycles. The molecule has 0 spiro atoms. The van der Waals surface area contributed by atoms with Crippen LogP contribution in [-0.4, -0.2) is 23.3 Å². The lowest BCUT2D eigenvalue weighted by Gasteiger charge is -2.16. The Kier molecular flexibility index (Phi) is 6.93. The maximum atomic E-state index is 12.3. The van der Waals surface area contributed by atoms with Crippen molar-refractivity contribution in [2.45, 2.75) is 31.1 Å². The number of hydrogen-bond donors (Lipinski definition) is 3. The van der Waals surface area contributed by atoms with Gasteiger partial charge in [-0.05, 0) is 61.2 Å². The van der Waals surface area contributed by atoms with Gasteiger partial charge in [0.05, 0.1) is 4.88 Å². The third kappa shape index (κ3) is 5.46. The Balaban J connectivity index is 1.37. The van der Waals surface area contributed by atoms with Gasteiger partial charge in [-0.3, -0.25) is 15.6 Å². The van der Waals surface area contributed by atoms with Gasteiger partial charge < -0.3 is 5.32 Å². The van der Waals surface area contributed by atoms with Crippen molar-refractivity contribution < 1.29 is 4.79 Å². The van der Waals surface area contributed by atoms with Crippen LogP contribution in [-0.2, 0) is 12.8 Å². The third-order valence-electron chi connectivity index (χ3n) is 4.24. The minimum absolute atomic E-state index is 0.125. The van der Waals surface area contributed by atoms with Crippen molar-refractivity contribution in [1.82, 2.24) is 16.2 Å². The number of hydrogen-bond acceptors (Lipinski definition) is 4. The minimum atomic E-state index is -0.125. The molecule has 0 unspecified atom stereocenters. The Labute approximate surface area is 168 Å². The number of benzene rings is 1. The lowest BCUT2D eigenvalue weighted by molar-refractivity contribution is 0.0947. The van der Waals surface area contributed by atoms with Crippen LogP contribution in [0.2, 0.25) is 0 Å². The second-order valence-corrected chi connectivity index (χ2v) is 9.12. The highest BCUT2D eigenvalue weighted by Crippen LogP contribution is 2.32. The fourth-order valence-electron chi connectivity index (χ4n) is 2.89. The molecule has 0 bridgehead atoms. The lowest BCUT2D eigenvalue weighted by Crippen LogP contribution is -2.47. The number of nitrogens with one attached hydrogen (secondary N) is 3. The average Bonchev–Trinajstić information content (AvgIpc) is 3.07. The number of fused-ring (bicyclic) bond motifs is 1. The maximum absolute atomic E-state index is 12.3. The van der Waals surface area contributed by atoms with E-state index in [1.807, 2.05) is 24.3 Å². The quantitative estimate of drug-likeness (QED) is 0.306.